The number of hydrogen-bond donors (Lipinski definition) is 1. The van der Waals surface area contributed by atoms with Crippen LogP contribution in [0, 0.1) is 5.41 Å². The molecule has 0 spiro atoms. The van der Waals surface area contributed by atoms with Crippen molar-refractivity contribution in [3.63, 3.8) is 0 Å². The van der Waals surface area contributed by atoms with E-state index >= 15 is 0 Å². The second kappa shape index (κ2) is 5.54. The Morgan fingerprint density at radius 3 is 2.53 bits per heavy atom. The van der Waals surface area contributed by atoms with Gasteiger partial charge in [0.15, 0.2) is 0 Å². The summed E-state index contributed by atoms with van der Waals surface area (Å²) in [4.78, 5) is 4.88. The van der Waals surface area contributed by atoms with Gasteiger partial charge < -0.3 is 9.94 Å². The van der Waals surface area contributed by atoms with E-state index in [9.17, 15) is 5.11 Å². The third-order valence-electron chi connectivity index (χ3n) is 2.18. The van der Waals surface area contributed by atoms with Gasteiger partial charge in [0, 0.05) is 5.56 Å². The standard InChI is InChI=1S/C13H18BrNO2/c1-13(2,3)8-11(15-17-4)9-5-6-12(16)10(14)7-9/h5-7,16H,8H2,1-4H3/b15-11-. The maximum atomic E-state index is 9.47. The molecule has 0 saturated carbocycles. The van der Waals surface area contributed by atoms with Crippen molar-refractivity contribution in [2.24, 2.45) is 10.6 Å². The van der Waals surface area contributed by atoms with Crippen molar-refractivity contribution in [3.05, 3.63) is 28.2 Å². The van der Waals surface area contributed by atoms with Crippen LogP contribution in [-0.2, 0) is 4.84 Å². The molecule has 1 rings (SSSR count). The first-order valence-corrected chi connectivity index (χ1v) is 6.22. The van der Waals surface area contributed by atoms with Crippen LogP contribution in [0.25, 0.3) is 0 Å². The summed E-state index contributed by atoms with van der Waals surface area (Å²) in [5.41, 5.74) is 1.95. The molecule has 0 aromatic heterocycles. The van der Waals surface area contributed by atoms with Gasteiger partial charge in [0.2, 0.25) is 0 Å². The minimum atomic E-state index is 0.127. The molecule has 0 radical (unpaired) electrons. The van der Waals surface area contributed by atoms with E-state index in [-0.39, 0.29) is 11.2 Å². The number of halogens is 1. The van der Waals surface area contributed by atoms with Crippen LogP contribution in [0.4, 0.5) is 0 Å². The van der Waals surface area contributed by atoms with E-state index in [4.69, 9.17) is 4.84 Å². The van der Waals surface area contributed by atoms with Crippen molar-refractivity contribution in [2.45, 2.75) is 27.2 Å². The van der Waals surface area contributed by atoms with Crippen LogP contribution in [0.3, 0.4) is 0 Å². The van der Waals surface area contributed by atoms with E-state index < -0.39 is 0 Å². The molecule has 0 heterocycles. The Bertz CT molecular complexity index is 422. The molecule has 94 valence electrons. The van der Waals surface area contributed by atoms with Crippen molar-refractivity contribution < 1.29 is 9.94 Å². The molecule has 1 aromatic rings. The quantitative estimate of drug-likeness (QED) is 0.678. The highest BCUT2D eigenvalue weighted by Crippen LogP contribution is 2.28. The Hall–Kier alpha value is -1.03. The van der Waals surface area contributed by atoms with E-state index in [0.29, 0.717) is 4.47 Å². The number of aromatic hydroxyl groups is 1. The average Bonchev–Trinajstić information content (AvgIpc) is 2.19. The summed E-state index contributed by atoms with van der Waals surface area (Å²) in [6.07, 6.45) is 0.804. The third-order valence-corrected chi connectivity index (χ3v) is 2.82. The predicted molar refractivity (Wildman–Crippen MR) is 73.4 cm³/mol. The van der Waals surface area contributed by atoms with Crippen LogP contribution in [0.15, 0.2) is 27.8 Å². The first kappa shape index (κ1) is 14.0. The second-order valence-electron chi connectivity index (χ2n) is 5.12. The fourth-order valence-corrected chi connectivity index (χ4v) is 1.86. The minimum Gasteiger partial charge on any atom is -0.507 e. The summed E-state index contributed by atoms with van der Waals surface area (Å²) in [7, 11) is 1.54. The van der Waals surface area contributed by atoms with Gasteiger partial charge in [-0.1, -0.05) is 25.9 Å². The fraction of sp³-hybridized carbons (Fsp3) is 0.462. The summed E-state index contributed by atoms with van der Waals surface area (Å²) < 4.78 is 0.660. The van der Waals surface area contributed by atoms with E-state index in [1.807, 2.05) is 12.1 Å². The number of hydrogen-bond acceptors (Lipinski definition) is 3. The lowest BCUT2D eigenvalue weighted by atomic mass is 9.87. The van der Waals surface area contributed by atoms with Gasteiger partial charge in [0.25, 0.3) is 0 Å². The normalized spacial score (nSPS) is 12.6. The molecule has 3 nitrogen and oxygen atoms in total. The zero-order chi connectivity index (χ0) is 13.1. The molecule has 0 aliphatic carbocycles. The molecule has 4 heteroatoms. The smallest absolute Gasteiger partial charge is 0.129 e. The monoisotopic (exact) mass is 299 g/mol. The third kappa shape index (κ3) is 4.38. The summed E-state index contributed by atoms with van der Waals surface area (Å²) in [6, 6.07) is 5.33. The van der Waals surface area contributed by atoms with Crippen LogP contribution in [0.2, 0.25) is 0 Å². The predicted octanol–water partition coefficient (Wildman–Crippen LogP) is 3.94. The summed E-state index contributed by atoms with van der Waals surface area (Å²) >= 11 is 3.30. The van der Waals surface area contributed by atoms with Gasteiger partial charge in [0.05, 0.1) is 10.2 Å². The molecule has 1 N–H and O–H groups in total. The van der Waals surface area contributed by atoms with E-state index in [0.717, 1.165) is 17.7 Å². The molecule has 17 heavy (non-hydrogen) atoms. The Labute approximate surface area is 111 Å². The summed E-state index contributed by atoms with van der Waals surface area (Å²) in [5, 5.41) is 13.5. The SMILES string of the molecule is CO/N=C(/CC(C)(C)C)c1ccc(O)c(Br)c1. The highest BCUT2D eigenvalue weighted by molar-refractivity contribution is 9.10. The number of benzene rings is 1. The topological polar surface area (TPSA) is 41.8 Å². The van der Waals surface area contributed by atoms with Gasteiger partial charge in [-0.25, -0.2) is 0 Å². The van der Waals surface area contributed by atoms with Gasteiger partial charge in [-0.2, -0.15) is 0 Å². The molecule has 0 fully saturated rings. The van der Waals surface area contributed by atoms with E-state index in [2.05, 4.69) is 41.9 Å². The minimum absolute atomic E-state index is 0.127. The van der Waals surface area contributed by atoms with Crippen molar-refractivity contribution in [2.75, 3.05) is 7.11 Å². The zero-order valence-electron chi connectivity index (χ0n) is 10.6. The maximum Gasteiger partial charge on any atom is 0.129 e. The van der Waals surface area contributed by atoms with Gasteiger partial charge >= 0.3 is 0 Å². The highest BCUT2D eigenvalue weighted by Gasteiger charge is 2.17. The van der Waals surface area contributed by atoms with Crippen molar-refractivity contribution >= 4 is 21.6 Å². The molecule has 0 bridgehead atoms. The van der Waals surface area contributed by atoms with Crippen molar-refractivity contribution in [3.8, 4) is 5.75 Å². The molecule has 0 amide bonds. The van der Waals surface area contributed by atoms with Crippen molar-refractivity contribution in [1.29, 1.82) is 0 Å². The Morgan fingerprint density at radius 2 is 2.06 bits per heavy atom. The number of oxime groups is 1. The van der Waals surface area contributed by atoms with Gasteiger partial charge in [-0.15, -0.1) is 0 Å². The first-order valence-electron chi connectivity index (χ1n) is 5.42. The average molecular weight is 300 g/mol. The lowest BCUT2D eigenvalue weighted by Gasteiger charge is -2.19. The first-order chi connectivity index (χ1) is 7.83. The van der Waals surface area contributed by atoms with Crippen LogP contribution in [-0.4, -0.2) is 17.9 Å². The van der Waals surface area contributed by atoms with Gasteiger partial charge in [0.1, 0.15) is 12.9 Å². The largest absolute Gasteiger partial charge is 0.507 e. The molecular formula is C13H18BrNO2. The van der Waals surface area contributed by atoms with E-state index in [1.54, 1.807) is 6.07 Å². The number of rotatable bonds is 3. The molecule has 1 aromatic carbocycles. The molecular weight excluding hydrogens is 282 g/mol. The molecule has 0 saturated heterocycles. The van der Waals surface area contributed by atoms with Gasteiger partial charge in [-0.05, 0) is 46.0 Å². The zero-order valence-corrected chi connectivity index (χ0v) is 12.2. The lowest BCUT2D eigenvalue weighted by molar-refractivity contribution is 0.211. The molecule has 0 unspecified atom stereocenters. The highest BCUT2D eigenvalue weighted by atomic mass is 79.9. The summed E-state index contributed by atoms with van der Waals surface area (Å²) in [6.45, 7) is 6.44. The molecule has 0 aliphatic rings. The number of nitrogens with zero attached hydrogens (tertiary/aromatic N) is 1. The van der Waals surface area contributed by atoms with Crippen LogP contribution in [0.5, 0.6) is 5.75 Å². The fourth-order valence-electron chi connectivity index (χ4n) is 1.49. The Balaban J connectivity index is 3.06. The summed E-state index contributed by atoms with van der Waals surface area (Å²) in [5.74, 6) is 0.223. The van der Waals surface area contributed by atoms with Crippen LogP contribution in [0.1, 0.15) is 32.8 Å². The van der Waals surface area contributed by atoms with Crippen LogP contribution < -0.4 is 0 Å². The lowest BCUT2D eigenvalue weighted by Crippen LogP contribution is -2.14. The number of phenols is 1. The number of phenolic OH excluding ortho intramolecular Hbond substituents is 1. The van der Waals surface area contributed by atoms with Crippen LogP contribution >= 0.6 is 15.9 Å². The Kier molecular flexibility index (Phi) is 4.57. The van der Waals surface area contributed by atoms with Crippen molar-refractivity contribution in [1.82, 2.24) is 0 Å². The molecule has 0 atom stereocenters. The Morgan fingerprint density at radius 1 is 1.41 bits per heavy atom. The van der Waals surface area contributed by atoms with E-state index in [1.165, 1.54) is 7.11 Å². The second-order valence-corrected chi connectivity index (χ2v) is 5.98. The van der Waals surface area contributed by atoms with Gasteiger partial charge in [-0.3, -0.25) is 0 Å². The molecule has 0 aliphatic heterocycles. The maximum absolute atomic E-state index is 9.47.